The molecule has 0 aromatic heterocycles. The normalized spacial score (nSPS) is 19.3. The van der Waals surface area contributed by atoms with Crippen LogP contribution in [0.15, 0.2) is 60.7 Å². The minimum absolute atomic E-state index is 0.0208. The van der Waals surface area contributed by atoms with E-state index in [1.54, 1.807) is 0 Å². The summed E-state index contributed by atoms with van der Waals surface area (Å²) in [5.41, 5.74) is 2.26. The van der Waals surface area contributed by atoms with Gasteiger partial charge in [0.25, 0.3) is 0 Å². The molecule has 2 nitrogen and oxygen atoms in total. The van der Waals surface area contributed by atoms with Crippen LogP contribution in [-0.2, 0) is 22.4 Å². The number of aryl methyl sites for hydroxylation is 2. The van der Waals surface area contributed by atoms with Crippen LogP contribution in [0.25, 0.3) is 0 Å². The zero-order chi connectivity index (χ0) is 15.4. The molecular formula is C20H22O2. The van der Waals surface area contributed by atoms with Crippen LogP contribution in [0.5, 0.6) is 0 Å². The van der Waals surface area contributed by atoms with E-state index in [4.69, 9.17) is 4.74 Å². The van der Waals surface area contributed by atoms with Crippen molar-refractivity contribution in [1.29, 1.82) is 0 Å². The lowest BCUT2D eigenvalue weighted by atomic mass is 9.70. The molecule has 1 fully saturated rings. The Bertz CT molecular complexity index is 575. The molecule has 2 aromatic rings. The number of benzene rings is 2. The third-order valence-corrected chi connectivity index (χ3v) is 4.87. The van der Waals surface area contributed by atoms with Gasteiger partial charge in [0.15, 0.2) is 0 Å². The lowest BCUT2D eigenvalue weighted by molar-refractivity contribution is -0.206. The summed E-state index contributed by atoms with van der Waals surface area (Å²) in [4.78, 5) is 12.2. The van der Waals surface area contributed by atoms with Crippen LogP contribution in [0.3, 0.4) is 0 Å². The lowest BCUT2D eigenvalue weighted by Crippen LogP contribution is -2.55. The van der Waals surface area contributed by atoms with E-state index in [1.807, 2.05) is 19.1 Å². The highest BCUT2D eigenvalue weighted by Gasteiger charge is 2.54. The van der Waals surface area contributed by atoms with Crippen molar-refractivity contribution in [1.82, 2.24) is 0 Å². The van der Waals surface area contributed by atoms with Gasteiger partial charge in [0.2, 0.25) is 0 Å². The first-order valence-corrected chi connectivity index (χ1v) is 8.00. The number of carbonyl (C=O) groups excluding carboxylic acids is 1. The molecule has 0 saturated carbocycles. The van der Waals surface area contributed by atoms with Crippen LogP contribution in [0.1, 0.15) is 30.9 Å². The zero-order valence-corrected chi connectivity index (χ0v) is 13.0. The molecule has 0 amide bonds. The quantitative estimate of drug-likeness (QED) is 0.747. The van der Waals surface area contributed by atoms with Crippen molar-refractivity contribution in [3.63, 3.8) is 0 Å². The third-order valence-electron chi connectivity index (χ3n) is 4.87. The Morgan fingerprint density at radius 3 is 1.68 bits per heavy atom. The molecule has 3 rings (SSSR count). The van der Waals surface area contributed by atoms with Gasteiger partial charge >= 0.3 is 5.97 Å². The minimum atomic E-state index is -0.314. The van der Waals surface area contributed by atoms with E-state index in [1.165, 1.54) is 11.1 Å². The van der Waals surface area contributed by atoms with Gasteiger partial charge in [-0.3, -0.25) is 4.79 Å². The van der Waals surface area contributed by atoms with Gasteiger partial charge in [-0.1, -0.05) is 60.7 Å². The molecule has 1 saturated heterocycles. The monoisotopic (exact) mass is 294 g/mol. The molecule has 114 valence electrons. The SMILES string of the molecule is CC1OC(=O)C1(CCc1ccccc1)CCc1ccccc1. The number of cyclic esters (lactones) is 1. The summed E-state index contributed by atoms with van der Waals surface area (Å²) < 4.78 is 5.29. The Balaban J connectivity index is 1.68. The summed E-state index contributed by atoms with van der Waals surface area (Å²) in [6, 6.07) is 20.7. The standard InChI is InChI=1S/C20H22O2/c1-16-20(19(21)22-16,14-12-17-8-4-2-5-9-17)15-13-18-10-6-3-7-11-18/h2-11,16H,12-15H2,1H3. The highest BCUT2D eigenvalue weighted by molar-refractivity contribution is 5.83. The third kappa shape index (κ3) is 2.92. The van der Waals surface area contributed by atoms with Crippen molar-refractivity contribution in [3.8, 4) is 0 Å². The van der Waals surface area contributed by atoms with Crippen LogP contribution >= 0.6 is 0 Å². The molecule has 1 heterocycles. The first-order chi connectivity index (χ1) is 10.7. The number of hydrogen-bond acceptors (Lipinski definition) is 2. The lowest BCUT2D eigenvalue weighted by Gasteiger charge is -2.45. The van der Waals surface area contributed by atoms with Crippen molar-refractivity contribution in [2.75, 3.05) is 0 Å². The van der Waals surface area contributed by atoms with E-state index >= 15 is 0 Å². The number of hydrogen-bond donors (Lipinski definition) is 0. The van der Waals surface area contributed by atoms with E-state index in [0.717, 1.165) is 25.7 Å². The molecule has 0 aliphatic carbocycles. The van der Waals surface area contributed by atoms with Gasteiger partial charge in [-0.15, -0.1) is 0 Å². The predicted molar refractivity (Wildman–Crippen MR) is 87.5 cm³/mol. The zero-order valence-electron chi connectivity index (χ0n) is 13.0. The highest BCUT2D eigenvalue weighted by Crippen LogP contribution is 2.44. The second-order valence-electron chi connectivity index (χ2n) is 6.17. The number of rotatable bonds is 6. The Labute approximate surface area is 132 Å². The van der Waals surface area contributed by atoms with Gasteiger partial charge in [-0.2, -0.15) is 0 Å². The van der Waals surface area contributed by atoms with Gasteiger partial charge in [0, 0.05) is 0 Å². The topological polar surface area (TPSA) is 26.3 Å². The van der Waals surface area contributed by atoms with Crippen LogP contribution < -0.4 is 0 Å². The number of carbonyl (C=O) groups is 1. The van der Waals surface area contributed by atoms with Crippen LogP contribution in [0.4, 0.5) is 0 Å². The summed E-state index contributed by atoms with van der Waals surface area (Å²) in [6.45, 7) is 2.03. The van der Waals surface area contributed by atoms with Crippen molar-refractivity contribution >= 4 is 5.97 Å². The summed E-state index contributed by atoms with van der Waals surface area (Å²) in [5, 5.41) is 0. The van der Waals surface area contributed by atoms with Crippen molar-refractivity contribution in [2.24, 2.45) is 5.41 Å². The summed E-state index contributed by atoms with van der Waals surface area (Å²) >= 11 is 0. The summed E-state index contributed by atoms with van der Waals surface area (Å²) in [7, 11) is 0. The average Bonchev–Trinajstić information content (AvgIpc) is 2.57. The molecule has 1 aliphatic rings. The van der Waals surface area contributed by atoms with E-state index in [-0.39, 0.29) is 17.5 Å². The van der Waals surface area contributed by atoms with Gasteiger partial charge < -0.3 is 4.74 Å². The van der Waals surface area contributed by atoms with Gasteiger partial charge in [0.1, 0.15) is 11.5 Å². The molecule has 0 bridgehead atoms. The van der Waals surface area contributed by atoms with Gasteiger partial charge in [0.05, 0.1) is 0 Å². The van der Waals surface area contributed by atoms with E-state index in [9.17, 15) is 4.79 Å². The Morgan fingerprint density at radius 2 is 1.32 bits per heavy atom. The number of esters is 1. The van der Waals surface area contributed by atoms with Crippen LogP contribution in [-0.4, -0.2) is 12.1 Å². The minimum Gasteiger partial charge on any atom is -0.461 e. The molecule has 0 N–H and O–H groups in total. The Hall–Kier alpha value is -2.09. The van der Waals surface area contributed by atoms with E-state index in [2.05, 4.69) is 48.5 Å². The maximum atomic E-state index is 12.2. The molecule has 1 unspecified atom stereocenters. The van der Waals surface area contributed by atoms with E-state index < -0.39 is 0 Å². The van der Waals surface area contributed by atoms with E-state index in [0.29, 0.717) is 0 Å². The molecule has 2 aromatic carbocycles. The fourth-order valence-corrected chi connectivity index (χ4v) is 3.26. The molecule has 1 aliphatic heterocycles. The summed E-state index contributed by atoms with van der Waals surface area (Å²) in [6.07, 6.45) is 3.60. The molecule has 2 heteroatoms. The van der Waals surface area contributed by atoms with Gasteiger partial charge in [-0.25, -0.2) is 0 Å². The largest absolute Gasteiger partial charge is 0.461 e. The Kier molecular flexibility index (Phi) is 4.28. The molecule has 1 atom stereocenters. The predicted octanol–water partition coefficient (Wildman–Crippen LogP) is 4.18. The second kappa shape index (κ2) is 6.35. The molecular weight excluding hydrogens is 272 g/mol. The average molecular weight is 294 g/mol. The maximum Gasteiger partial charge on any atom is 0.316 e. The molecule has 22 heavy (non-hydrogen) atoms. The summed E-state index contributed by atoms with van der Waals surface area (Å²) in [5.74, 6) is -0.0214. The number of ether oxygens (including phenoxy) is 1. The van der Waals surface area contributed by atoms with Crippen LogP contribution in [0.2, 0.25) is 0 Å². The van der Waals surface area contributed by atoms with Crippen molar-refractivity contribution in [2.45, 2.75) is 38.7 Å². The molecule has 0 spiro atoms. The highest BCUT2D eigenvalue weighted by atomic mass is 16.6. The van der Waals surface area contributed by atoms with Crippen molar-refractivity contribution < 1.29 is 9.53 Å². The van der Waals surface area contributed by atoms with Crippen LogP contribution in [0, 0.1) is 5.41 Å². The first kappa shape index (κ1) is 14.8. The fraction of sp³-hybridized carbons (Fsp3) is 0.350. The first-order valence-electron chi connectivity index (χ1n) is 8.00. The van der Waals surface area contributed by atoms with Crippen molar-refractivity contribution in [3.05, 3.63) is 71.8 Å². The second-order valence-corrected chi connectivity index (χ2v) is 6.17. The maximum absolute atomic E-state index is 12.2. The smallest absolute Gasteiger partial charge is 0.316 e. The van der Waals surface area contributed by atoms with Gasteiger partial charge in [-0.05, 0) is 43.7 Å². The Morgan fingerprint density at radius 1 is 0.864 bits per heavy atom. The fourth-order valence-electron chi connectivity index (χ4n) is 3.26. The molecule has 0 radical (unpaired) electrons.